The van der Waals surface area contributed by atoms with E-state index in [4.69, 9.17) is 33.0 Å². The van der Waals surface area contributed by atoms with Gasteiger partial charge in [0, 0.05) is 15.6 Å². The van der Waals surface area contributed by atoms with Crippen molar-refractivity contribution in [2.24, 2.45) is 0 Å². The van der Waals surface area contributed by atoms with Crippen LogP contribution >= 0.6 is 23.2 Å². The van der Waals surface area contributed by atoms with Crippen LogP contribution in [0.4, 0.5) is 8.78 Å². The van der Waals surface area contributed by atoms with Crippen LogP contribution in [0.2, 0.25) is 10.0 Å². The molecule has 0 bridgehead atoms. The first kappa shape index (κ1) is 15.0. The van der Waals surface area contributed by atoms with E-state index in [1.165, 1.54) is 0 Å². The number of hydrogen-bond donors (Lipinski definition) is 1. The minimum atomic E-state index is -0.891. The zero-order valence-corrected chi connectivity index (χ0v) is 11.7. The summed E-state index contributed by atoms with van der Waals surface area (Å²) in [4.78, 5) is 0. The van der Waals surface area contributed by atoms with Gasteiger partial charge in [0.25, 0.3) is 0 Å². The Balaban J connectivity index is 2.23. The van der Waals surface area contributed by atoms with E-state index in [0.29, 0.717) is 15.6 Å². The molecule has 1 N–H and O–H groups in total. The fraction of sp³-hybridized carbons (Fsp3) is 0.143. The average molecular weight is 319 g/mol. The van der Waals surface area contributed by atoms with Crippen molar-refractivity contribution in [1.29, 1.82) is 0 Å². The van der Waals surface area contributed by atoms with E-state index in [2.05, 4.69) is 0 Å². The standard InChI is InChI=1S/C14H10Cl2F2O2/c15-10-2-1-3-11(16)9(10)7-20-14-12(17)4-8(6-19)5-13(14)18/h1-5,19H,6-7H2. The van der Waals surface area contributed by atoms with Crippen molar-refractivity contribution in [3.8, 4) is 5.75 Å². The molecule has 106 valence electrons. The molecule has 0 aromatic heterocycles. The van der Waals surface area contributed by atoms with Gasteiger partial charge in [0.1, 0.15) is 6.61 Å². The van der Waals surface area contributed by atoms with Crippen molar-refractivity contribution in [1.82, 2.24) is 0 Å². The number of halogens is 4. The predicted molar refractivity (Wildman–Crippen MR) is 73.1 cm³/mol. The number of aliphatic hydroxyl groups excluding tert-OH is 1. The first-order valence-electron chi connectivity index (χ1n) is 5.67. The summed E-state index contributed by atoms with van der Waals surface area (Å²) in [6, 6.07) is 6.88. The first-order chi connectivity index (χ1) is 9.52. The van der Waals surface area contributed by atoms with Crippen LogP contribution in [0, 0.1) is 11.6 Å². The molecule has 2 aromatic rings. The molecule has 6 heteroatoms. The molecule has 0 atom stereocenters. The van der Waals surface area contributed by atoms with Gasteiger partial charge < -0.3 is 9.84 Å². The molecule has 0 aliphatic carbocycles. The second-order valence-electron chi connectivity index (χ2n) is 4.04. The Morgan fingerprint density at radius 2 is 1.60 bits per heavy atom. The summed E-state index contributed by atoms with van der Waals surface area (Å²) in [5, 5.41) is 9.55. The van der Waals surface area contributed by atoms with Crippen LogP contribution in [-0.2, 0) is 13.2 Å². The minimum absolute atomic E-state index is 0.128. The summed E-state index contributed by atoms with van der Waals surface area (Å²) in [5.74, 6) is -2.31. The van der Waals surface area contributed by atoms with E-state index in [-0.39, 0.29) is 12.2 Å². The molecule has 20 heavy (non-hydrogen) atoms. The van der Waals surface area contributed by atoms with Gasteiger partial charge in [0.05, 0.1) is 6.61 Å². The summed E-state index contributed by atoms with van der Waals surface area (Å²) >= 11 is 11.9. The molecular weight excluding hydrogens is 309 g/mol. The lowest BCUT2D eigenvalue weighted by molar-refractivity contribution is 0.266. The maximum absolute atomic E-state index is 13.7. The van der Waals surface area contributed by atoms with E-state index in [9.17, 15) is 8.78 Å². The predicted octanol–water partition coefficient (Wildman–Crippen LogP) is 4.34. The van der Waals surface area contributed by atoms with E-state index >= 15 is 0 Å². The molecule has 0 fully saturated rings. The Bertz CT molecular complexity index is 589. The Morgan fingerprint density at radius 1 is 1.05 bits per heavy atom. The van der Waals surface area contributed by atoms with Crippen LogP contribution in [0.1, 0.15) is 11.1 Å². The molecule has 0 spiro atoms. The molecule has 0 amide bonds. The number of benzene rings is 2. The first-order valence-corrected chi connectivity index (χ1v) is 6.43. The van der Waals surface area contributed by atoms with Gasteiger partial charge in [-0.15, -0.1) is 0 Å². The Labute approximate surface area is 124 Å². The quantitative estimate of drug-likeness (QED) is 0.908. The fourth-order valence-electron chi connectivity index (χ4n) is 1.66. The minimum Gasteiger partial charge on any atom is -0.483 e. The van der Waals surface area contributed by atoms with Crippen LogP contribution in [0.5, 0.6) is 5.75 Å². The van der Waals surface area contributed by atoms with Crippen molar-refractivity contribution >= 4 is 23.2 Å². The van der Waals surface area contributed by atoms with Gasteiger partial charge in [-0.2, -0.15) is 0 Å². The van der Waals surface area contributed by atoms with Crippen molar-refractivity contribution in [2.75, 3.05) is 0 Å². The van der Waals surface area contributed by atoms with Crippen molar-refractivity contribution in [3.05, 3.63) is 63.1 Å². The van der Waals surface area contributed by atoms with Crippen LogP contribution in [-0.4, -0.2) is 5.11 Å². The molecule has 0 unspecified atom stereocenters. The number of rotatable bonds is 4. The Kier molecular flexibility index (Phi) is 4.81. The lowest BCUT2D eigenvalue weighted by Crippen LogP contribution is -2.02. The smallest absolute Gasteiger partial charge is 0.191 e. The highest BCUT2D eigenvalue weighted by Crippen LogP contribution is 2.28. The molecule has 0 heterocycles. The van der Waals surface area contributed by atoms with E-state index in [1.54, 1.807) is 18.2 Å². The highest BCUT2D eigenvalue weighted by atomic mass is 35.5. The third-order valence-corrected chi connectivity index (χ3v) is 3.37. The third-order valence-electron chi connectivity index (χ3n) is 2.66. The SMILES string of the molecule is OCc1cc(F)c(OCc2c(Cl)cccc2Cl)c(F)c1. The van der Waals surface area contributed by atoms with E-state index in [0.717, 1.165) is 12.1 Å². The lowest BCUT2D eigenvalue weighted by atomic mass is 10.2. The summed E-state index contributed by atoms with van der Waals surface area (Å²) in [7, 11) is 0. The van der Waals surface area contributed by atoms with Crippen molar-refractivity contribution < 1.29 is 18.6 Å². The second-order valence-corrected chi connectivity index (χ2v) is 4.85. The Morgan fingerprint density at radius 3 is 2.10 bits per heavy atom. The zero-order valence-electron chi connectivity index (χ0n) is 10.2. The molecule has 2 nitrogen and oxygen atoms in total. The van der Waals surface area contributed by atoms with Gasteiger partial charge in [-0.05, 0) is 29.8 Å². The van der Waals surface area contributed by atoms with Gasteiger partial charge in [-0.3, -0.25) is 0 Å². The van der Waals surface area contributed by atoms with Gasteiger partial charge in [0.15, 0.2) is 17.4 Å². The van der Waals surface area contributed by atoms with Crippen LogP contribution in [0.15, 0.2) is 30.3 Å². The molecule has 2 aromatic carbocycles. The maximum atomic E-state index is 13.7. The highest BCUT2D eigenvalue weighted by molar-refractivity contribution is 6.35. The van der Waals surface area contributed by atoms with Gasteiger partial charge in [0.2, 0.25) is 0 Å². The van der Waals surface area contributed by atoms with Crippen LogP contribution in [0.3, 0.4) is 0 Å². The van der Waals surface area contributed by atoms with Gasteiger partial charge in [-0.1, -0.05) is 29.3 Å². The second kappa shape index (κ2) is 6.39. The molecule has 2 rings (SSSR count). The molecule has 0 radical (unpaired) electrons. The topological polar surface area (TPSA) is 29.5 Å². The summed E-state index contributed by atoms with van der Waals surface area (Å²) in [6.45, 7) is -0.616. The lowest BCUT2D eigenvalue weighted by Gasteiger charge is -2.11. The largest absolute Gasteiger partial charge is 0.483 e. The molecule has 0 aliphatic heterocycles. The molecule has 0 aliphatic rings. The summed E-state index contributed by atoms with van der Waals surface area (Å²) in [5.41, 5.74) is 0.573. The highest BCUT2D eigenvalue weighted by Gasteiger charge is 2.14. The van der Waals surface area contributed by atoms with Crippen LogP contribution < -0.4 is 4.74 Å². The third kappa shape index (κ3) is 3.20. The van der Waals surface area contributed by atoms with Gasteiger partial charge in [-0.25, -0.2) is 8.78 Å². The van der Waals surface area contributed by atoms with Crippen molar-refractivity contribution in [3.63, 3.8) is 0 Å². The number of ether oxygens (including phenoxy) is 1. The molecular formula is C14H10Cl2F2O2. The normalized spacial score (nSPS) is 10.7. The fourth-order valence-corrected chi connectivity index (χ4v) is 2.16. The van der Waals surface area contributed by atoms with Gasteiger partial charge >= 0.3 is 0 Å². The maximum Gasteiger partial charge on any atom is 0.191 e. The van der Waals surface area contributed by atoms with E-state index in [1.807, 2.05) is 0 Å². The monoisotopic (exact) mass is 318 g/mol. The molecule has 0 saturated carbocycles. The van der Waals surface area contributed by atoms with Crippen LogP contribution in [0.25, 0.3) is 0 Å². The zero-order chi connectivity index (χ0) is 14.7. The Hall–Kier alpha value is -1.36. The van der Waals surface area contributed by atoms with E-state index < -0.39 is 24.0 Å². The number of aliphatic hydroxyl groups is 1. The number of hydrogen-bond acceptors (Lipinski definition) is 2. The average Bonchev–Trinajstić information content (AvgIpc) is 2.40. The van der Waals surface area contributed by atoms with Crippen molar-refractivity contribution in [2.45, 2.75) is 13.2 Å². The summed E-state index contributed by atoms with van der Waals surface area (Å²) < 4.78 is 32.4. The summed E-state index contributed by atoms with van der Waals surface area (Å²) in [6.07, 6.45) is 0. The molecule has 0 saturated heterocycles.